The van der Waals surface area contributed by atoms with E-state index < -0.39 is 0 Å². The lowest BCUT2D eigenvalue weighted by Crippen LogP contribution is -2.19. The van der Waals surface area contributed by atoms with Gasteiger partial charge in [0, 0.05) is 12.4 Å². The highest BCUT2D eigenvalue weighted by Gasteiger charge is 2.10. The summed E-state index contributed by atoms with van der Waals surface area (Å²) in [6, 6.07) is 7.82. The van der Waals surface area contributed by atoms with Crippen LogP contribution in [0.25, 0.3) is 10.9 Å². The number of aromatic nitrogens is 1. The van der Waals surface area contributed by atoms with Crippen molar-refractivity contribution in [1.82, 2.24) is 4.57 Å². The molecule has 1 aromatic carbocycles. The zero-order valence-corrected chi connectivity index (χ0v) is 9.51. The molecule has 0 saturated carbocycles. The summed E-state index contributed by atoms with van der Waals surface area (Å²) in [6.45, 7) is 2.01. The van der Waals surface area contributed by atoms with Crippen LogP contribution in [0.4, 0.5) is 0 Å². The monoisotopic (exact) mass is 221 g/mol. The van der Waals surface area contributed by atoms with Gasteiger partial charge < -0.3 is 4.57 Å². The number of nitrogens with zero attached hydrogens (tertiary/aromatic N) is 1. The second-order valence-corrected chi connectivity index (χ2v) is 3.91. The second kappa shape index (κ2) is 3.70. The first-order valence-electron chi connectivity index (χ1n) is 4.93. The molecule has 2 aromatic rings. The minimum absolute atomic E-state index is 0.118. The minimum Gasteiger partial charge on any atom is -0.310 e. The Kier molecular flexibility index (Phi) is 2.53. The Morgan fingerprint density at radius 3 is 2.67 bits per heavy atom. The maximum Gasteiger partial charge on any atom is 0.269 e. The van der Waals surface area contributed by atoms with Gasteiger partial charge in [-0.1, -0.05) is 36.7 Å². The van der Waals surface area contributed by atoms with Crippen LogP contribution < -0.4 is 5.56 Å². The van der Waals surface area contributed by atoms with Crippen molar-refractivity contribution in [3.05, 3.63) is 45.2 Å². The molecule has 0 atom stereocenters. The third-order valence-electron chi connectivity index (χ3n) is 2.70. The van der Waals surface area contributed by atoms with Crippen LogP contribution >= 0.6 is 11.6 Å². The van der Waals surface area contributed by atoms with E-state index in [1.54, 1.807) is 11.6 Å². The van der Waals surface area contributed by atoms with Crippen LogP contribution in [0.2, 0.25) is 5.02 Å². The molecule has 78 valence electrons. The Morgan fingerprint density at radius 1 is 1.33 bits per heavy atom. The minimum atomic E-state index is -0.118. The lowest BCUT2D eigenvalue weighted by atomic mass is 10.1. The molecule has 2 nitrogen and oxygen atoms in total. The molecule has 0 aliphatic heterocycles. The van der Waals surface area contributed by atoms with Gasteiger partial charge in [0.05, 0.1) is 5.52 Å². The highest BCUT2D eigenvalue weighted by atomic mass is 35.5. The zero-order chi connectivity index (χ0) is 11.0. The molecule has 1 heterocycles. The number of hydrogen-bond donors (Lipinski definition) is 0. The van der Waals surface area contributed by atoms with Crippen LogP contribution in [-0.2, 0) is 13.5 Å². The summed E-state index contributed by atoms with van der Waals surface area (Å²) in [5, 5.41) is 1.41. The Morgan fingerprint density at radius 2 is 2.00 bits per heavy atom. The molecule has 1 aromatic heterocycles. The molecular weight excluding hydrogens is 210 g/mol. The van der Waals surface area contributed by atoms with Crippen LogP contribution in [0.3, 0.4) is 0 Å². The van der Waals surface area contributed by atoms with Gasteiger partial charge >= 0.3 is 0 Å². The average molecular weight is 222 g/mol. The van der Waals surface area contributed by atoms with E-state index in [4.69, 9.17) is 11.6 Å². The second-order valence-electron chi connectivity index (χ2n) is 3.53. The molecule has 0 aliphatic rings. The molecule has 0 saturated heterocycles. The number of pyridine rings is 1. The Labute approximate surface area is 93.1 Å². The fraction of sp³-hybridized carbons (Fsp3) is 0.250. The van der Waals surface area contributed by atoms with Crippen LogP contribution in [0.1, 0.15) is 12.5 Å². The van der Waals surface area contributed by atoms with E-state index in [0.717, 1.165) is 22.9 Å². The van der Waals surface area contributed by atoms with Gasteiger partial charge in [-0.3, -0.25) is 4.79 Å². The third kappa shape index (κ3) is 1.45. The van der Waals surface area contributed by atoms with E-state index >= 15 is 0 Å². The van der Waals surface area contributed by atoms with Crippen LogP contribution in [0, 0.1) is 0 Å². The summed E-state index contributed by atoms with van der Waals surface area (Å²) < 4.78 is 1.59. The quantitative estimate of drug-likeness (QED) is 0.726. The maximum absolute atomic E-state index is 11.8. The molecule has 0 bridgehead atoms. The number of rotatable bonds is 1. The first kappa shape index (κ1) is 10.2. The van der Waals surface area contributed by atoms with E-state index in [2.05, 4.69) is 0 Å². The van der Waals surface area contributed by atoms with Crippen molar-refractivity contribution in [2.45, 2.75) is 13.3 Å². The first-order valence-corrected chi connectivity index (χ1v) is 5.30. The van der Waals surface area contributed by atoms with Gasteiger partial charge in [0.25, 0.3) is 5.56 Å². The van der Waals surface area contributed by atoms with Crippen molar-refractivity contribution in [3.63, 3.8) is 0 Å². The van der Waals surface area contributed by atoms with Crippen molar-refractivity contribution in [2.75, 3.05) is 0 Å². The molecule has 0 radical (unpaired) electrons. The highest BCUT2D eigenvalue weighted by molar-refractivity contribution is 6.32. The van der Waals surface area contributed by atoms with Crippen LogP contribution in [0.15, 0.2) is 29.1 Å². The van der Waals surface area contributed by atoms with E-state index in [1.807, 2.05) is 31.2 Å². The van der Waals surface area contributed by atoms with Gasteiger partial charge in [0.1, 0.15) is 5.02 Å². The number of fused-ring (bicyclic) bond motifs is 1. The Bertz CT molecular complexity index is 572. The lowest BCUT2D eigenvalue weighted by Gasteiger charge is -2.10. The van der Waals surface area contributed by atoms with Gasteiger partial charge in [-0.05, 0) is 18.1 Å². The summed E-state index contributed by atoms with van der Waals surface area (Å²) in [5.41, 5.74) is 1.76. The molecule has 3 heteroatoms. The van der Waals surface area contributed by atoms with Gasteiger partial charge in [-0.25, -0.2) is 0 Å². The van der Waals surface area contributed by atoms with Gasteiger partial charge in [0.2, 0.25) is 0 Å². The molecule has 0 spiro atoms. The molecule has 0 fully saturated rings. The molecular formula is C12H12ClNO. The topological polar surface area (TPSA) is 22.0 Å². The number of hydrogen-bond acceptors (Lipinski definition) is 1. The average Bonchev–Trinajstić information content (AvgIpc) is 2.27. The van der Waals surface area contributed by atoms with Crippen molar-refractivity contribution in [3.8, 4) is 0 Å². The SMILES string of the molecule is CCc1c(Cl)c(=O)n(C)c2ccccc12. The predicted molar refractivity (Wildman–Crippen MR) is 63.6 cm³/mol. The lowest BCUT2D eigenvalue weighted by molar-refractivity contribution is 0.898. The van der Waals surface area contributed by atoms with E-state index in [-0.39, 0.29) is 5.56 Å². The van der Waals surface area contributed by atoms with Crippen molar-refractivity contribution in [2.24, 2.45) is 7.05 Å². The fourth-order valence-electron chi connectivity index (χ4n) is 1.87. The smallest absolute Gasteiger partial charge is 0.269 e. The molecule has 2 rings (SSSR count). The Hall–Kier alpha value is -1.28. The Balaban J connectivity index is 3.05. The largest absolute Gasteiger partial charge is 0.310 e. The molecule has 0 N–H and O–H groups in total. The molecule has 0 amide bonds. The van der Waals surface area contributed by atoms with Crippen molar-refractivity contribution >= 4 is 22.5 Å². The summed E-state index contributed by atoms with van der Waals surface area (Å²) >= 11 is 6.04. The van der Waals surface area contributed by atoms with Gasteiger partial charge in [0.15, 0.2) is 0 Å². The highest BCUT2D eigenvalue weighted by Crippen LogP contribution is 2.22. The molecule has 15 heavy (non-hydrogen) atoms. The van der Waals surface area contributed by atoms with Crippen LogP contribution in [-0.4, -0.2) is 4.57 Å². The zero-order valence-electron chi connectivity index (χ0n) is 8.75. The normalized spacial score (nSPS) is 10.9. The van der Waals surface area contributed by atoms with E-state index in [9.17, 15) is 4.79 Å². The van der Waals surface area contributed by atoms with Crippen molar-refractivity contribution < 1.29 is 0 Å². The number of halogens is 1. The first-order chi connectivity index (χ1) is 7.16. The standard InChI is InChI=1S/C12H12ClNO/c1-3-8-9-6-4-5-7-10(9)14(2)12(15)11(8)13/h4-7H,3H2,1-2H3. The molecule has 0 unspecified atom stereocenters. The van der Waals surface area contributed by atoms with Gasteiger partial charge in [-0.2, -0.15) is 0 Å². The van der Waals surface area contributed by atoms with E-state index in [1.165, 1.54) is 0 Å². The van der Waals surface area contributed by atoms with Crippen LogP contribution in [0.5, 0.6) is 0 Å². The molecule has 0 aliphatic carbocycles. The van der Waals surface area contributed by atoms with E-state index in [0.29, 0.717) is 5.02 Å². The number of aryl methyl sites for hydroxylation is 2. The van der Waals surface area contributed by atoms with Crippen molar-refractivity contribution in [1.29, 1.82) is 0 Å². The fourth-order valence-corrected chi connectivity index (χ4v) is 2.23. The number of benzene rings is 1. The predicted octanol–water partition coefficient (Wildman–Crippen LogP) is 2.75. The summed E-state index contributed by atoms with van der Waals surface area (Å²) in [4.78, 5) is 11.8. The summed E-state index contributed by atoms with van der Waals surface area (Å²) in [7, 11) is 1.75. The summed E-state index contributed by atoms with van der Waals surface area (Å²) in [5.74, 6) is 0. The third-order valence-corrected chi connectivity index (χ3v) is 3.09. The maximum atomic E-state index is 11.8. The number of para-hydroxylation sites is 1. The van der Waals surface area contributed by atoms with Gasteiger partial charge in [-0.15, -0.1) is 0 Å². The summed E-state index contributed by atoms with van der Waals surface area (Å²) in [6.07, 6.45) is 0.773.